The van der Waals surface area contributed by atoms with Crippen molar-refractivity contribution in [1.29, 1.82) is 0 Å². The maximum Gasteiger partial charge on any atom is 0.418 e. The van der Waals surface area contributed by atoms with Crippen LogP contribution in [0.4, 0.5) is 53.9 Å². The van der Waals surface area contributed by atoms with Crippen LogP contribution in [0.25, 0.3) is 0 Å². The lowest BCUT2D eigenvalue weighted by molar-refractivity contribution is -0.385. The Morgan fingerprint density at radius 3 is 1.33 bits per heavy atom. The third kappa shape index (κ3) is 5.12. The minimum Gasteiger partial charge on any atom is -0.307 e. The third-order valence-electron chi connectivity index (χ3n) is 3.54. The Labute approximate surface area is 161 Å². The molecular formula is C15H8F6N4O5. The fourth-order valence-corrected chi connectivity index (χ4v) is 2.25. The normalized spacial score (nSPS) is 11.7. The minimum atomic E-state index is -5.13. The number of hydrogen-bond donors (Lipinski definition) is 2. The van der Waals surface area contributed by atoms with Crippen molar-refractivity contribution < 1.29 is 41.0 Å². The molecule has 0 bridgehead atoms. The molecule has 0 aliphatic carbocycles. The number of nitrogens with zero attached hydrogens (tertiary/aromatic N) is 2. The van der Waals surface area contributed by atoms with E-state index in [1.807, 2.05) is 0 Å². The van der Waals surface area contributed by atoms with Crippen LogP contribution < -0.4 is 10.6 Å². The van der Waals surface area contributed by atoms with E-state index in [9.17, 15) is 51.4 Å². The summed E-state index contributed by atoms with van der Waals surface area (Å²) in [5.74, 6) is 0. The molecule has 0 atom stereocenters. The molecule has 0 heterocycles. The molecule has 0 fully saturated rings. The number of amides is 2. The van der Waals surface area contributed by atoms with Crippen LogP contribution in [0.2, 0.25) is 0 Å². The number of nitro benzene ring substituents is 2. The summed E-state index contributed by atoms with van der Waals surface area (Å²) in [4.78, 5) is 31.0. The van der Waals surface area contributed by atoms with E-state index < -0.39 is 62.1 Å². The second kappa shape index (κ2) is 7.84. The molecule has 0 saturated carbocycles. The Morgan fingerprint density at radius 1 is 0.733 bits per heavy atom. The molecule has 0 aromatic heterocycles. The van der Waals surface area contributed by atoms with E-state index in [2.05, 4.69) is 0 Å². The van der Waals surface area contributed by atoms with Gasteiger partial charge in [0, 0.05) is 24.3 Å². The quantitative estimate of drug-likeness (QED) is 0.386. The fraction of sp³-hybridized carbons (Fsp3) is 0.133. The number of rotatable bonds is 4. The van der Waals surface area contributed by atoms with E-state index in [-0.39, 0.29) is 12.1 Å². The molecule has 160 valence electrons. The number of urea groups is 1. The summed E-state index contributed by atoms with van der Waals surface area (Å²) in [6.45, 7) is 0. The lowest BCUT2D eigenvalue weighted by atomic mass is 10.1. The van der Waals surface area contributed by atoms with Crippen LogP contribution in [0.5, 0.6) is 0 Å². The van der Waals surface area contributed by atoms with Crippen LogP contribution in [-0.2, 0) is 12.4 Å². The number of hydrogen-bond acceptors (Lipinski definition) is 5. The Morgan fingerprint density at radius 2 is 1.07 bits per heavy atom. The number of halogens is 6. The average molecular weight is 438 g/mol. The van der Waals surface area contributed by atoms with Crippen molar-refractivity contribution in [2.24, 2.45) is 0 Å². The van der Waals surface area contributed by atoms with Crippen molar-refractivity contribution in [2.75, 3.05) is 10.6 Å². The Balaban J connectivity index is 2.37. The third-order valence-corrected chi connectivity index (χ3v) is 3.54. The smallest absolute Gasteiger partial charge is 0.307 e. The first-order valence-corrected chi connectivity index (χ1v) is 7.49. The van der Waals surface area contributed by atoms with Crippen LogP contribution in [0, 0.1) is 20.2 Å². The van der Waals surface area contributed by atoms with Gasteiger partial charge in [0.1, 0.15) is 0 Å². The van der Waals surface area contributed by atoms with E-state index in [4.69, 9.17) is 0 Å². The Hall–Kier alpha value is -3.91. The monoisotopic (exact) mass is 438 g/mol. The molecule has 0 unspecified atom stereocenters. The van der Waals surface area contributed by atoms with Gasteiger partial charge in [-0.1, -0.05) is 0 Å². The van der Waals surface area contributed by atoms with Gasteiger partial charge >= 0.3 is 18.4 Å². The van der Waals surface area contributed by atoms with Crippen molar-refractivity contribution >= 4 is 28.8 Å². The van der Waals surface area contributed by atoms with Crippen LogP contribution in [0.1, 0.15) is 11.1 Å². The average Bonchev–Trinajstić information content (AvgIpc) is 2.60. The first-order valence-electron chi connectivity index (χ1n) is 7.49. The molecular weight excluding hydrogens is 430 g/mol. The zero-order valence-corrected chi connectivity index (χ0v) is 14.2. The largest absolute Gasteiger partial charge is 0.418 e. The van der Waals surface area contributed by atoms with Gasteiger partial charge in [0.2, 0.25) is 0 Å². The molecule has 0 aliphatic heterocycles. The maximum atomic E-state index is 13.1. The zero-order valence-electron chi connectivity index (χ0n) is 14.2. The van der Waals surface area contributed by atoms with E-state index in [1.165, 1.54) is 0 Å². The summed E-state index contributed by atoms with van der Waals surface area (Å²) in [5, 5.41) is 24.6. The highest BCUT2D eigenvalue weighted by Gasteiger charge is 2.37. The molecule has 2 N–H and O–H groups in total. The molecule has 0 radical (unpaired) electrons. The van der Waals surface area contributed by atoms with E-state index >= 15 is 0 Å². The van der Waals surface area contributed by atoms with Gasteiger partial charge in [-0.25, -0.2) is 4.79 Å². The molecule has 0 saturated heterocycles. The Kier molecular flexibility index (Phi) is 5.85. The van der Waals surface area contributed by atoms with E-state index in [0.717, 1.165) is 0 Å². The topological polar surface area (TPSA) is 127 Å². The van der Waals surface area contributed by atoms with E-state index in [0.29, 0.717) is 24.3 Å². The number of carbonyl (C=O) groups is 1. The zero-order chi connectivity index (χ0) is 22.9. The van der Waals surface area contributed by atoms with Gasteiger partial charge in [0.05, 0.1) is 32.3 Å². The molecule has 2 aromatic carbocycles. The predicted molar refractivity (Wildman–Crippen MR) is 88.8 cm³/mol. The van der Waals surface area contributed by atoms with Gasteiger partial charge in [0.25, 0.3) is 11.4 Å². The summed E-state index contributed by atoms with van der Waals surface area (Å²) in [7, 11) is 0. The number of alkyl halides is 6. The lowest BCUT2D eigenvalue weighted by Crippen LogP contribution is -2.23. The second-order valence-corrected chi connectivity index (χ2v) is 5.55. The van der Waals surface area contributed by atoms with Crippen LogP contribution in [0.15, 0.2) is 36.4 Å². The fourth-order valence-electron chi connectivity index (χ4n) is 2.25. The van der Waals surface area contributed by atoms with Crippen LogP contribution in [-0.4, -0.2) is 15.9 Å². The summed E-state index contributed by atoms with van der Waals surface area (Å²) >= 11 is 0. The SMILES string of the molecule is O=C(Nc1ccc([N+](=O)[O-])cc1C(F)(F)F)Nc1ccc([N+](=O)[O-])cc1C(F)(F)F. The molecule has 2 aromatic rings. The van der Waals surface area contributed by atoms with Gasteiger partial charge < -0.3 is 10.6 Å². The first kappa shape index (κ1) is 22.4. The van der Waals surface area contributed by atoms with Crippen LogP contribution >= 0.6 is 0 Å². The number of nitro groups is 2. The molecule has 30 heavy (non-hydrogen) atoms. The van der Waals surface area contributed by atoms with Gasteiger partial charge in [-0.2, -0.15) is 26.3 Å². The second-order valence-electron chi connectivity index (χ2n) is 5.55. The molecule has 15 heteroatoms. The highest BCUT2D eigenvalue weighted by molar-refractivity contribution is 6.01. The van der Waals surface area contributed by atoms with Gasteiger partial charge in [0.15, 0.2) is 0 Å². The number of nitrogens with one attached hydrogen (secondary N) is 2. The van der Waals surface area contributed by atoms with Gasteiger partial charge in [-0.3, -0.25) is 20.2 Å². The van der Waals surface area contributed by atoms with Crippen molar-refractivity contribution in [2.45, 2.75) is 12.4 Å². The molecule has 0 aliphatic rings. The predicted octanol–water partition coefficient (Wildman–Crippen LogP) is 5.18. The van der Waals surface area contributed by atoms with Crippen LogP contribution in [0.3, 0.4) is 0 Å². The standard InChI is InChI=1S/C15H8F6N4O5/c16-14(17,18)9-5-7(24(27)28)1-3-11(9)22-13(26)23-12-4-2-8(25(29)30)6-10(12)15(19,20)21/h1-6H,(H2,22,23,26). The highest BCUT2D eigenvalue weighted by Crippen LogP contribution is 2.39. The van der Waals surface area contributed by atoms with Gasteiger partial charge in [-0.15, -0.1) is 0 Å². The van der Waals surface area contributed by atoms with Crippen molar-refractivity contribution in [3.8, 4) is 0 Å². The van der Waals surface area contributed by atoms with Crippen molar-refractivity contribution in [1.82, 2.24) is 0 Å². The number of carbonyl (C=O) groups excluding carboxylic acids is 1. The number of non-ortho nitro benzene ring substituents is 2. The first-order chi connectivity index (χ1) is 13.7. The molecule has 0 spiro atoms. The minimum absolute atomic E-state index is 0.142. The summed E-state index contributed by atoms with van der Waals surface area (Å²) in [6.07, 6.45) is -10.3. The van der Waals surface area contributed by atoms with E-state index in [1.54, 1.807) is 10.6 Å². The molecule has 2 rings (SSSR count). The lowest BCUT2D eigenvalue weighted by Gasteiger charge is -2.16. The number of anilines is 2. The van der Waals surface area contributed by atoms with Gasteiger partial charge in [-0.05, 0) is 12.1 Å². The van der Waals surface area contributed by atoms with Crippen molar-refractivity contribution in [3.05, 3.63) is 67.8 Å². The molecule has 9 nitrogen and oxygen atoms in total. The summed E-state index contributed by atoms with van der Waals surface area (Å²) < 4.78 is 78.6. The van der Waals surface area contributed by atoms with Crippen molar-refractivity contribution in [3.63, 3.8) is 0 Å². The summed E-state index contributed by atoms with van der Waals surface area (Å²) in [5.41, 5.74) is -6.98. The number of benzene rings is 2. The maximum absolute atomic E-state index is 13.1. The Bertz CT molecular complexity index is 942. The molecule has 2 amide bonds. The highest BCUT2D eigenvalue weighted by atomic mass is 19.4. The summed E-state index contributed by atoms with van der Waals surface area (Å²) in [6, 6.07) is 1.15.